The normalized spacial score (nSPS) is 13.8. The van der Waals surface area contributed by atoms with Crippen molar-refractivity contribution in [3.8, 4) is 0 Å². The van der Waals surface area contributed by atoms with Crippen molar-refractivity contribution in [1.29, 1.82) is 0 Å². The van der Waals surface area contributed by atoms with Crippen molar-refractivity contribution in [2.24, 2.45) is 5.92 Å². The van der Waals surface area contributed by atoms with Crippen molar-refractivity contribution < 1.29 is 13.2 Å². The molecule has 0 aliphatic carbocycles. The molecule has 0 saturated heterocycles. The van der Waals surface area contributed by atoms with Crippen LogP contribution in [0.1, 0.15) is 41.2 Å². The van der Waals surface area contributed by atoms with Crippen LogP contribution in [0.15, 0.2) is 53.4 Å². The van der Waals surface area contributed by atoms with E-state index in [-0.39, 0.29) is 10.5 Å². The summed E-state index contributed by atoms with van der Waals surface area (Å²) >= 11 is 1.33. The molecular weight excluding hydrogens is 432 g/mol. The molecule has 1 amide bonds. The first-order valence-electron chi connectivity index (χ1n) is 10.2. The van der Waals surface area contributed by atoms with Gasteiger partial charge in [0.2, 0.25) is 5.13 Å². The maximum Gasteiger partial charge on any atom is 0.264 e. The Hall–Kier alpha value is -2.78. The van der Waals surface area contributed by atoms with Crippen molar-refractivity contribution in [1.82, 2.24) is 10.2 Å². The van der Waals surface area contributed by atoms with Crippen LogP contribution in [0.4, 0.5) is 10.8 Å². The maximum atomic E-state index is 13.4. The van der Waals surface area contributed by atoms with Crippen molar-refractivity contribution in [3.05, 3.63) is 64.7 Å². The molecule has 2 aromatic carbocycles. The number of benzene rings is 2. The standard InChI is InChI=1S/C22H24N4O3S2/c1-15(2)13-20-24-25-22(30-20)23-21(27)17-8-5-10-18(14-17)31(28,29)26-12-6-9-16-7-3-4-11-19(16)26/h3-5,7-8,10-11,14-15H,6,9,12-13H2,1-2H3,(H,23,25,27). The number of nitrogens with zero attached hydrogens (tertiary/aromatic N) is 3. The third-order valence-electron chi connectivity index (χ3n) is 5.02. The van der Waals surface area contributed by atoms with Gasteiger partial charge in [-0.25, -0.2) is 8.42 Å². The van der Waals surface area contributed by atoms with E-state index in [0.29, 0.717) is 23.3 Å². The molecule has 4 rings (SSSR count). The zero-order chi connectivity index (χ0) is 22.0. The first kappa shape index (κ1) is 21.5. The summed E-state index contributed by atoms with van der Waals surface area (Å²) in [7, 11) is -3.79. The van der Waals surface area contributed by atoms with Crippen LogP contribution in [0.2, 0.25) is 0 Å². The molecule has 9 heteroatoms. The number of amides is 1. The maximum absolute atomic E-state index is 13.4. The molecule has 7 nitrogen and oxygen atoms in total. The van der Waals surface area contributed by atoms with E-state index in [4.69, 9.17) is 0 Å². The summed E-state index contributed by atoms with van der Waals surface area (Å²) in [6.45, 7) is 4.60. The number of aryl methyl sites for hydroxylation is 1. The Morgan fingerprint density at radius 2 is 1.97 bits per heavy atom. The van der Waals surface area contributed by atoms with Crippen LogP contribution in [0, 0.1) is 5.92 Å². The molecule has 3 aromatic rings. The smallest absolute Gasteiger partial charge is 0.264 e. The highest BCUT2D eigenvalue weighted by Gasteiger charge is 2.29. The van der Waals surface area contributed by atoms with Crippen LogP contribution in [0.25, 0.3) is 0 Å². The van der Waals surface area contributed by atoms with Gasteiger partial charge in [0.15, 0.2) is 0 Å². The molecule has 1 aliphatic rings. The average molecular weight is 457 g/mol. The third-order valence-corrected chi connectivity index (χ3v) is 7.69. The highest BCUT2D eigenvalue weighted by Crippen LogP contribution is 2.32. The van der Waals surface area contributed by atoms with Crippen LogP contribution >= 0.6 is 11.3 Å². The predicted octanol–water partition coefficient (Wildman–Crippen LogP) is 4.13. The number of sulfonamides is 1. The van der Waals surface area contributed by atoms with Gasteiger partial charge in [-0.3, -0.25) is 14.4 Å². The minimum atomic E-state index is -3.79. The van der Waals surface area contributed by atoms with E-state index in [1.54, 1.807) is 12.1 Å². The second kappa shape index (κ2) is 8.76. The van der Waals surface area contributed by atoms with E-state index < -0.39 is 15.9 Å². The van der Waals surface area contributed by atoms with Crippen molar-refractivity contribution in [2.45, 2.75) is 38.0 Å². The molecule has 31 heavy (non-hydrogen) atoms. The number of carbonyl (C=O) groups excluding carboxylic acids is 1. The van der Waals surface area contributed by atoms with Gasteiger partial charge in [-0.1, -0.05) is 49.4 Å². The third kappa shape index (κ3) is 4.62. The van der Waals surface area contributed by atoms with Gasteiger partial charge in [-0.05, 0) is 48.6 Å². The van der Waals surface area contributed by atoms with E-state index in [2.05, 4.69) is 29.4 Å². The average Bonchev–Trinajstić information content (AvgIpc) is 3.19. The fraction of sp³-hybridized carbons (Fsp3) is 0.318. The highest BCUT2D eigenvalue weighted by molar-refractivity contribution is 7.92. The van der Waals surface area contributed by atoms with Gasteiger partial charge in [0, 0.05) is 18.5 Å². The monoisotopic (exact) mass is 456 g/mol. The van der Waals surface area contributed by atoms with Gasteiger partial charge in [-0.2, -0.15) is 0 Å². The topological polar surface area (TPSA) is 92.3 Å². The molecule has 1 aliphatic heterocycles. The number of hydrogen-bond acceptors (Lipinski definition) is 6. The van der Waals surface area contributed by atoms with Crippen molar-refractivity contribution in [2.75, 3.05) is 16.2 Å². The second-order valence-electron chi connectivity index (χ2n) is 7.89. The van der Waals surface area contributed by atoms with Crippen LogP contribution in [0.5, 0.6) is 0 Å². The summed E-state index contributed by atoms with van der Waals surface area (Å²) in [5, 5.41) is 12.1. The number of aromatic nitrogens is 2. The molecule has 0 atom stereocenters. The first-order valence-corrected chi connectivity index (χ1v) is 12.4. The number of nitrogens with one attached hydrogen (secondary N) is 1. The molecular formula is C22H24N4O3S2. The van der Waals surface area contributed by atoms with Crippen LogP contribution < -0.4 is 9.62 Å². The van der Waals surface area contributed by atoms with E-state index in [9.17, 15) is 13.2 Å². The first-order chi connectivity index (χ1) is 14.8. The second-order valence-corrected chi connectivity index (χ2v) is 10.8. The molecule has 0 fully saturated rings. The summed E-state index contributed by atoms with van der Waals surface area (Å²) in [5.41, 5.74) is 1.97. The zero-order valence-electron chi connectivity index (χ0n) is 17.4. The summed E-state index contributed by atoms with van der Waals surface area (Å²) in [5.74, 6) is 0.0293. The Labute approximate surface area is 186 Å². The lowest BCUT2D eigenvalue weighted by molar-refractivity contribution is 0.102. The Kier molecular flexibility index (Phi) is 6.06. The van der Waals surface area contributed by atoms with Crippen molar-refractivity contribution in [3.63, 3.8) is 0 Å². The van der Waals surface area contributed by atoms with Crippen LogP contribution in [-0.2, 0) is 22.9 Å². The number of rotatable bonds is 6. The number of hydrogen-bond donors (Lipinski definition) is 1. The summed E-state index contributed by atoms with van der Waals surface area (Å²) < 4.78 is 28.2. The quantitative estimate of drug-likeness (QED) is 0.602. The Balaban J connectivity index is 1.57. The van der Waals surface area contributed by atoms with Crippen LogP contribution in [-0.4, -0.2) is 31.1 Å². The Morgan fingerprint density at radius 1 is 1.16 bits per heavy atom. The minimum absolute atomic E-state index is 0.0922. The number of carbonyl (C=O) groups is 1. The van der Waals surface area contributed by atoms with Gasteiger partial charge in [0.25, 0.3) is 15.9 Å². The molecule has 0 spiro atoms. The molecule has 0 saturated carbocycles. The Bertz CT molecular complexity index is 1200. The molecule has 1 aromatic heterocycles. The molecule has 0 unspecified atom stereocenters. The fourth-order valence-corrected chi connectivity index (χ4v) is 6.11. The predicted molar refractivity (Wildman–Crippen MR) is 122 cm³/mol. The molecule has 162 valence electrons. The molecule has 0 radical (unpaired) electrons. The largest absolute Gasteiger partial charge is 0.296 e. The van der Waals surface area contributed by atoms with E-state index in [1.807, 2.05) is 24.3 Å². The highest BCUT2D eigenvalue weighted by atomic mass is 32.2. The van der Waals surface area contributed by atoms with Crippen molar-refractivity contribution >= 4 is 38.1 Å². The minimum Gasteiger partial charge on any atom is -0.296 e. The van der Waals surface area contributed by atoms with Gasteiger partial charge in [0.05, 0.1) is 10.6 Å². The van der Waals surface area contributed by atoms with Crippen LogP contribution in [0.3, 0.4) is 0 Å². The lowest BCUT2D eigenvalue weighted by Gasteiger charge is -2.30. The fourth-order valence-electron chi connectivity index (χ4n) is 3.58. The molecule has 1 N–H and O–H groups in total. The number of para-hydroxylation sites is 1. The number of anilines is 2. The van der Waals surface area contributed by atoms with E-state index in [1.165, 1.54) is 27.8 Å². The summed E-state index contributed by atoms with van der Waals surface area (Å²) in [6, 6.07) is 13.7. The molecule has 0 bridgehead atoms. The van der Waals surface area contributed by atoms with Gasteiger partial charge in [0.1, 0.15) is 5.01 Å². The van der Waals surface area contributed by atoms with Gasteiger partial charge >= 0.3 is 0 Å². The lowest BCUT2D eigenvalue weighted by Crippen LogP contribution is -2.35. The van der Waals surface area contributed by atoms with E-state index in [0.717, 1.165) is 29.8 Å². The number of fused-ring (bicyclic) bond motifs is 1. The summed E-state index contributed by atoms with van der Waals surface area (Å²) in [4.78, 5) is 12.8. The Morgan fingerprint density at radius 3 is 2.77 bits per heavy atom. The zero-order valence-corrected chi connectivity index (χ0v) is 19.0. The van der Waals surface area contributed by atoms with Gasteiger partial charge < -0.3 is 0 Å². The van der Waals surface area contributed by atoms with Gasteiger partial charge in [-0.15, -0.1) is 10.2 Å². The SMILES string of the molecule is CC(C)Cc1nnc(NC(=O)c2cccc(S(=O)(=O)N3CCCc4ccccc43)c2)s1. The van der Waals surface area contributed by atoms with E-state index >= 15 is 0 Å². The molecule has 2 heterocycles. The lowest BCUT2D eigenvalue weighted by atomic mass is 10.0. The summed E-state index contributed by atoms with van der Waals surface area (Å²) in [6.07, 6.45) is 2.40.